The maximum Gasteiger partial charge on any atom is 0.318 e. The quantitative estimate of drug-likeness (QED) is 0.110. The Morgan fingerprint density at radius 1 is 0.818 bits per heavy atom. The Labute approximate surface area is 383 Å². The Kier molecular flexibility index (Phi) is 14.0. The number of likely N-dealkylation sites (tertiary alicyclic amines) is 1. The molecule has 0 aliphatic carbocycles. The number of rotatable bonds is 18. The van der Waals surface area contributed by atoms with Crippen molar-refractivity contribution in [3.05, 3.63) is 83.0 Å². The molecule has 6 heterocycles. The number of imide groups is 2. The smallest absolute Gasteiger partial charge is 0.318 e. The second kappa shape index (κ2) is 20.5. The minimum atomic E-state index is -1.02. The molecular weight excluding hydrogens is 845 g/mol. The second-order valence-corrected chi connectivity index (χ2v) is 17.6. The molecule has 9 rings (SSSR count). The Balaban J connectivity index is 0.705. The third-order valence-corrected chi connectivity index (χ3v) is 13.2. The van der Waals surface area contributed by atoms with Gasteiger partial charge in [0.15, 0.2) is 0 Å². The topological polar surface area (TPSA) is 189 Å². The molecule has 4 aromatic rings. The van der Waals surface area contributed by atoms with E-state index in [1.807, 2.05) is 0 Å². The zero-order chi connectivity index (χ0) is 45.6. The largest absolute Gasteiger partial charge is 0.491 e. The lowest BCUT2D eigenvalue weighted by molar-refractivity contribution is -0.136. The van der Waals surface area contributed by atoms with Crippen molar-refractivity contribution < 1.29 is 42.9 Å². The summed E-state index contributed by atoms with van der Waals surface area (Å²) in [5.74, 6) is -0.551. The number of hydrogen-bond acceptors (Lipinski definition) is 15. The normalized spacial score (nSPS) is 22.1. The lowest BCUT2D eigenvalue weighted by atomic mass is 9.94. The van der Waals surface area contributed by atoms with E-state index in [0.29, 0.717) is 63.7 Å². The van der Waals surface area contributed by atoms with E-state index < -0.39 is 29.7 Å². The van der Waals surface area contributed by atoms with Gasteiger partial charge >= 0.3 is 6.01 Å². The van der Waals surface area contributed by atoms with Crippen molar-refractivity contribution in [3.63, 3.8) is 0 Å². The average molecular weight is 901 g/mol. The number of carbonyl (C=O) groups is 4. The van der Waals surface area contributed by atoms with E-state index in [9.17, 15) is 24.4 Å². The molecule has 0 saturated carbocycles. The number of ether oxygens (including phenoxy) is 5. The summed E-state index contributed by atoms with van der Waals surface area (Å²) < 4.78 is 29.8. The van der Waals surface area contributed by atoms with Crippen LogP contribution in [-0.4, -0.2) is 141 Å². The van der Waals surface area contributed by atoms with Gasteiger partial charge < -0.3 is 33.5 Å². The van der Waals surface area contributed by atoms with Crippen molar-refractivity contribution in [3.8, 4) is 17.8 Å². The molecule has 0 spiro atoms. The first kappa shape index (κ1) is 45.0. The molecule has 3 fully saturated rings. The Morgan fingerprint density at radius 2 is 1.62 bits per heavy atom. The van der Waals surface area contributed by atoms with Crippen molar-refractivity contribution in [2.24, 2.45) is 5.92 Å². The summed E-state index contributed by atoms with van der Waals surface area (Å²) in [5.41, 5.74) is 3.73. The van der Waals surface area contributed by atoms with Crippen molar-refractivity contribution in [2.45, 2.75) is 69.7 Å². The van der Waals surface area contributed by atoms with Crippen molar-refractivity contribution in [1.82, 2.24) is 25.1 Å². The minimum absolute atomic E-state index is 0.0356. The monoisotopic (exact) mass is 900 g/mol. The number of hydrogen-bond donors (Lipinski definition) is 1. The van der Waals surface area contributed by atoms with Gasteiger partial charge in [-0.2, -0.15) is 15.2 Å². The lowest BCUT2D eigenvalue weighted by Gasteiger charge is -2.37. The van der Waals surface area contributed by atoms with Gasteiger partial charge in [-0.15, -0.1) is 0 Å². The number of nitrogens with one attached hydrogen (secondary N) is 1. The number of carbonyl (C=O) groups excluding carboxylic acids is 4. The van der Waals surface area contributed by atoms with Crippen LogP contribution < -0.4 is 24.6 Å². The van der Waals surface area contributed by atoms with Gasteiger partial charge in [0, 0.05) is 61.7 Å². The molecule has 3 aromatic carbocycles. The van der Waals surface area contributed by atoms with Gasteiger partial charge in [0.25, 0.3) is 11.8 Å². The standard InChI is InChI=1S/C49H56N8O9/c1-54-29-36(65-25-23-63-21-20-62-22-24-64-35-11-12-38-40(27-35)48(61)57(47(38)60)43-13-14-44(58)52-46(43)59)26-34(54)31-66-49-51-41-30-55(42-10-4-8-33-7-2-3-9-37(33)42)19-16-39(41)45(53-49)56-18-5-6-32(28-56)15-17-50/h2-4,7-12,27,32,34,36,43H,5-6,13-16,18-26,28-31H2,1H3,(H,52,58,59)/t32-,34-,36+,43?/m0/s1. The lowest BCUT2D eigenvalue weighted by Crippen LogP contribution is -2.54. The van der Waals surface area contributed by atoms with E-state index in [1.54, 1.807) is 6.07 Å². The number of likely N-dealkylation sites (N-methyl/N-ethyl adjacent to an activating group) is 1. The molecule has 4 atom stereocenters. The SMILES string of the molecule is CN1C[C@H](OCCOCCOCCOc2ccc3c(c2)C(=O)N(C2CCC(=O)NC2=O)C3=O)C[C@H]1COc1nc2c(c(N3CCC[C@@H](CC#N)C3)n1)CCN(c1cccc3ccccc13)C2. The highest BCUT2D eigenvalue weighted by molar-refractivity contribution is 6.23. The highest BCUT2D eigenvalue weighted by atomic mass is 16.6. The van der Waals surface area contributed by atoms with E-state index in [-0.39, 0.29) is 49.3 Å². The number of benzene rings is 3. The molecule has 17 heteroatoms. The summed E-state index contributed by atoms with van der Waals surface area (Å²) in [7, 11) is 2.08. The van der Waals surface area contributed by atoms with Crippen LogP contribution in [0.2, 0.25) is 0 Å². The van der Waals surface area contributed by atoms with Gasteiger partial charge in [0.1, 0.15) is 30.8 Å². The fourth-order valence-electron chi connectivity index (χ4n) is 9.83. The molecule has 5 aliphatic rings. The van der Waals surface area contributed by atoms with E-state index in [0.717, 1.165) is 68.3 Å². The molecular formula is C49H56N8O9. The van der Waals surface area contributed by atoms with Crippen LogP contribution >= 0.6 is 0 Å². The van der Waals surface area contributed by atoms with Crippen LogP contribution in [0.5, 0.6) is 11.8 Å². The van der Waals surface area contributed by atoms with Gasteiger partial charge in [0.2, 0.25) is 11.8 Å². The van der Waals surface area contributed by atoms with Crippen LogP contribution in [-0.2, 0) is 36.8 Å². The number of anilines is 2. The Morgan fingerprint density at radius 3 is 2.47 bits per heavy atom. The molecule has 1 unspecified atom stereocenters. The van der Waals surface area contributed by atoms with Gasteiger partial charge in [-0.05, 0) is 74.7 Å². The maximum absolute atomic E-state index is 13.1. The zero-order valence-corrected chi connectivity index (χ0v) is 37.3. The molecule has 4 amide bonds. The molecule has 5 aliphatic heterocycles. The number of nitrogens with zero attached hydrogens (tertiary/aromatic N) is 7. The maximum atomic E-state index is 13.1. The third kappa shape index (κ3) is 9.97. The minimum Gasteiger partial charge on any atom is -0.491 e. The van der Waals surface area contributed by atoms with Crippen molar-refractivity contribution in [2.75, 3.05) is 89.3 Å². The number of aromatic nitrogens is 2. The van der Waals surface area contributed by atoms with Crippen LogP contribution in [0.25, 0.3) is 10.8 Å². The zero-order valence-electron chi connectivity index (χ0n) is 37.3. The molecule has 0 radical (unpaired) electrons. The fourth-order valence-corrected chi connectivity index (χ4v) is 9.83. The van der Waals surface area contributed by atoms with Gasteiger partial charge in [0.05, 0.1) is 68.6 Å². The molecule has 1 aromatic heterocycles. The van der Waals surface area contributed by atoms with Gasteiger partial charge in [-0.1, -0.05) is 36.4 Å². The van der Waals surface area contributed by atoms with Crippen LogP contribution in [0.15, 0.2) is 60.7 Å². The van der Waals surface area contributed by atoms with Crippen LogP contribution in [0, 0.1) is 17.2 Å². The number of amides is 4. The molecule has 3 saturated heterocycles. The first-order valence-electron chi connectivity index (χ1n) is 23.1. The summed E-state index contributed by atoms with van der Waals surface area (Å²) >= 11 is 0. The predicted octanol–water partition coefficient (Wildman–Crippen LogP) is 4.30. The van der Waals surface area contributed by atoms with E-state index in [1.165, 1.54) is 34.2 Å². The molecule has 66 heavy (non-hydrogen) atoms. The van der Waals surface area contributed by atoms with Crippen molar-refractivity contribution >= 4 is 45.9 Å². The predicted molar refractivity (Wildman–Crippen MR) is 242 cm³/mol. The molecule has 0 bridgehead atoms. The average Bonchev–Trinajstić information content (AvgIpc) is 3.81. The van der Waals surface area contributed by atoms with E-state index in [2.05, 4.69) is 75.6 Å². The number of nitriles is 1. The van der Waals surface area contributed by atoms with Crippen LogP contribution in [0.4, 0.5) is 11.5 Å². The second-order valence-electron chi connectivity index (χ2n) is 17.6. The highest BCUT2D eigenvalue weighted by Crippen LogP contribution is 2.36. The molecule has 17 nitrogen and oxygen atoms in total. The summed E-state index contributed by atoms with van der Waals surface area (Å²) in [5, 5.41) is 14.1. The summed E-state index contributed by atoms with van der Waals surface area (Å²) in [4.78, 5) is 68.0. The molecule has 1 N–H and O–H groups in total. The number of fused-ring (bicyclic) bond motifs is 3. The van der Waals surface area contributed by atoms with Gasteiger partial charge in [-0.3, -0.25) is 34.3 Å². The highest BCUT2D eigenvalue weighted by Gasteiger charge is 2.45. The van der Waals surface area contributed by atoms with E-state index in [4.69, 9.17) is 33.7 Å². The Hall–Kier alpha value is -6.19. The first-order valence-corrected chi connectivity index (χ1v) is 23.1. The summed E-state index contributed by atoms with van der Waals surface area (Å²) in [6, 6.07) is 21.5. The van der Waals surface area contributed by atoms with E-state index >= 15 is 0 Å². The third-order valence-electron chi connectivity index (χ3n) is 13.2. The Bertz CT molecular complexity index is 2490. The van der Waals surface area contributed by atoms with Crippen LogP contribution in [0.1, 0.15) is 70.5 Å². The van der Waals surface area contributed by atoms with Gasteiger partial charge in [-0.25, -0.2) is 0 Å². The summed E-state index contributed by atoms with van der Waals surface area (Å²) in [6.07, 6.45) is 4.45. The number of piperidine rings is 2. The fraction of sp³-hybridized carbons (Fsp3) is 0.490. The van der Waals surface area contributed by atoms with Crippen molar-refractivity contribution in [1.29, 1.82) is 5.26 Å². The first-order chi connectivity index (χ1) is 32.2. The summed E-state index contributed by atoms with van der Waals surface area (Å²) in [6.45, 7) is 6.56. The molecule has 346 valence electrons. The van der Waals surface area contributed by atoms with Crippen LogP contribution in [0.3, 0.4) is 0 Å².